The maximum atomic E-state index is 2.24. The standard InChI is InChI=1S/C8H12.ClH/c1-8(2)6-4-3-5-7-8;/h3-6H,7H2,1-2H3;1H. The SMILES string of the molecule is CC1(C)C=CC=CC1.Cl. The van der Waals surface area contributed by atoms with E-state index in [0.717, 1.165) is 0 Å². The zero-order valence-electron chi connectivity index (χ0n) is 5.92. The molecule has 1 rings (SSSR count). The van der Waals surface area contributed by atoms with Crippen LogP contribution in [0.2, 0.25) is 0 Å². The van der Waals surface area contributed by atoms with Gasteiger partial charge in [-0.3, -0.25) is 0 Å². The molecular weight excluding hydrogens is 132 g/mol. The Hall–Kier alpha value is -0.230. The molecule has 0 heterocycles. The highest BCUT2D eigenvalue weighted by atomic mass is 35.5. The monoisotopic (exact) mass is 144 g/mol. The average Bonchev–Trinajstić information content (AvgIpc) is 1.65. The summed E-state index contributed by atoms with van der Waals surface area (Å²) in [7, 11) is 0. The minimum atomic E-state index is 0. The maximum absolute atomic E-state index is 2.24. The van der Waals surface area contributed by atoms with E-state index < -0.39 is 0 Å². The fraction of sp³-hybridized carbons (Fsp3) is 0.500. The third-order valence-electron chi connectivity index (χ3n) is 1.44. The zero-order chi connectivity index (χ0) is 6.04. The van der Waals surface area contributed by atoms with Gasteiger partial charge in [0, 0.05) is 0 Å². The minimum absolute atomic E-state index is 0. The molecule has 1 heteroatoms. The van der Waals surface area contributed by atoms with Crippen LogP contribution in [-0.4, -0.2) is 0 Å². The van der Waals surface area contributed by atoms with Gasteiger partial charge in [0.05, 0.1) is 0 Å². The minimum Gasteiger partial charge on any atom is -0.147 e. The Morgan fingerprint density at radius 2 is 1.89 bits per heavy atom. The number of hydrogen-bond acceptors (Lipinski definition) is 0. The van der Waals surface area contributed by atoms with E-state index in [1.807, 2.05) is 0 Å². The topological polar surface area (TPSA) is 0 Å². The summed E-state index contributed by atoms with van der Waals surface area (Å²) in [6.07, 6.45) is 9.85. The van der Waals surface area contributed by atoms with Crippen LogP contribution >= 0.6 is 12.4 Å². The Labute approximate surface area is 63.1 Å². The molecule has 0 aromatic rings. The molecule has 0 N–H and O–H groups in total. The second-order valence-corrected chi connectivity index (χ2v) is 2.98. The predicted molar refractivity (Wildman–Crippen MR) is 43.9 cm³/mol. The molecule has 0 amide bonds. The van der Waals surface area contributed by atoms with Crippen molar-refractivity contribution >= 4 is 12.4 Å². The molecule has 0 aliphatic heterocycles. The summed E-state index contributed by atoms with van der Waals surface area (Å²) in [6, 6.07) is 0. The van der Waals surface area contributed by atoms with Crippen molar-refractivity contribution in [3.8, 4) is 0 Å². The third-order valence-corrected chi connectivity index (χ3v) is 1.44. The molecule has 0 atom stereocenters. The van der Waals surface area contributed by atoms with Crippen LogP contribution in [0.4, 0.5) is 0 Å². The fourth-order valence-corrected chi connectivity index (χ4v) is 0.834. The highest BCUT2D eigenvalue weighted by Crippen LogP contribution is 2.24. The summed E-state index contributed by atoms with van der Waals surface area (Å²) < 4.78 is 0. The van der Waals surface area contributed by atoms with Crippen molar-refractivity contribution in [3.05, 3.63) is 24.3 Å². The molecule has 0 radical (unpaired) electrons. The van der Waals surface area contributed by atoms with Crippen molar-refractivity contribution in [2.45, 2.75) is 20.3 Å². The Bertz CT molecular complexity index is 132. The molecule has 0 spiro atoms. The van der Waals surface area contributed by atoms with Gasteiger partial charge in [0.2, 0.25) is 0 Å². The van der Waals surface area contributed by atoms with E-state index in [-0.39, 0.29) is 12.4 Å². The molecule has 9 heavy (non-hydrogen) atoms. The molecule has 0 aromatic heterocycles. The number of allylic oxidation sites excluding steroid dienone is 4. The van der Waals surface area contributed by atoms with E-state index in [9.17, 15) is 0 Å². The summed E-state index contributed by atoms with van der Waals surface area (Å²) in [5.74, 6) is 0. The molecule has 0 saturated carbocycles. The van der Waals surface area contributed by atoms with Gasteiger partial charge in [-0.15, -0.1) is 12.4 Å². The van der Waals surface area contributed by atoms with Crippen LogP contribution in [0.3, 0.4) is 0 Å². The van der Waals surface area contributed by atoms with Crippen LogP contribution in [0.15, 0.2) is 24.3 Å². The molecule has 52 valence electrons. The second kappa shape index (κ2) is 3.07. The van der Waals surface area contributed by atoms with Gasteiger partial charge in [-0.1, -0.05) is 38.2 Å². The molecular formula is C8H13Cl. The fourth-order valence-electron chi connectivity index (χ4n) is 0.834. The summed E-state index contributed by atoms with van der Waals surface area (Å²) in [6.45, 7) is 4.49. The van der Waals surface area contributed by atoms with Crippen molar-refractivity contribution in [1.29, 1.82) is 0 Å². The first-order valence-electron chi connectivity index (χ1n) is 3.05. The van der Waals surface area contributed by atoms with Gasteiger partial charge >= 0.3 is 0 Å². The molecule has 0 nitrogen and oxygen atoms in total. The molecule has 0 unspecified atom stereocenters. The van der Waals surface area contributed by atoms with Gasteiger partial charge in [0.25, 0.3) is 0 Å². The highest BCUT2D eigenvalue weighted by Gasteiger charge is 2.11. The summed E-state index contributed by atoms with van der Waals surface area (Å²) in [4.78, 5) is 0. The lowest BCUT2D eigenvalue weighted by Gasteiger charge is -2.19. The first kappa shape index (κ1) is 8.77. The Morgan fingerprint density at radius 1 is 1.22 bits per heavy atom. The molecule has 0 fully saturated rings. The normalized spacial score (nSPS) is 21.1. The van der Waals surface area contributed by atoms with E-state index in [4.69, 9.17) is 0 Å². The van der Waals surface area contributed by atoms with Crippen LogP contribution in [0.25, 0.3) is 0 Å². The molecule has 1 aliphatic carbocycles. The number of halogens is 1. The first-order chi connectivity index (χ1) is 3.71. The lowest BCUT2D eigenvalue weighted by Crippen LogP contribution is -2.06. The smallest absolute Gasteiger partial charge is 0.0137 e. The number of rotatable bonds is 0. The van der Waals surface area contributed by atoms with Gasteiger partial charge in [-0.05, 0) is 11.8 Å². The molecule has 1 aliphatic rings. The predicted octanol–water partition coefficient (Wildman–Crippen LogP) is 2.95. The van der Waals surface area contributed by atoms with Crippen molar-refractivity contribution in [1.82, 2.24) is 0 Å². The van der Waals surface area contributed by atoms with Crippen LogP contribution in [0, 0.1) is 5.41 Å². The van der Waals surface area contributed by atoms with Crippen molar-refractivity contribution in [2.24, 2.45) is 5.41 Å². The van der Waals surface area contributed by atoms with Crippen molar-refractivity contribution in [2.75, 3.05) is 0 Å². The quantitative estimate of drug-likeness (QED) is 0.491. The summed E-state index contributed by atoms with van der Waals surface area (Å²) in [5, 5.41) is 0. The third kappa shape index (κ3) is 2.71. The van der Waals surface area contributed by atoms with E-state index in [2.05, 4.69) is 38.2 Å². The van der Waals surface area contributed by atoms with Gasteiger partial charge in [0.1, 0.15) is 0 Å². The van der Waals surface area contributed by atoms with Crippen LogP contribution < -0.4 is 0 Å². The van der Waals surface area contributed by atoms with E-state index in [1.54, 1.807) is 0 Å². The van der Waals surface area contributed by atoms with Crippen LogP contribution in [-0.2, 0) is 0 Å². The van der Waals surface area contributed by atoms with E-state index in [1.165, 1.54) is 6.42 Å². The van der Waals surface area contributed by atoms with E-state index in [0.29, 0.717) is 5.41 Å². The van der Waals surface area contributed by atoms with Gasteiger partial charge in [-0.2, -0.15) is 0 Å². The lowest BCUT2D eigenvalue weighted by atomic mass is 9.86. The van der Waals surface area contributed by atoms with Crippen molar-refractivity contribution in [3.63, 3.8) is 0 Å². The average molecular weight is 145 g/mol. The largest absolute Gasteiger partial charge is 0.147 e. The number of hydrogen-bond donors (Lipinski definition) is 0. The van der Waals surface area contributed by atoms with Crippen LogP contribution in [0.5, 0.6) is 0 Å². The molecule has 0 bridgehead atoms. The Kier molecular flexibility index (Phi) is 2.99. The molecule has 0 saturated heterocycles. The van der Waals surface area contributed by atoms with Crippen LogP contribution in [0.1, 0.15) is 20.3 Å². The Balaban J connectivity index is 0.000000640. The highest BCUT2D eigenvalue weighted by molar-refractivity contribution is 5.85. The van der Waals surface area contributed by atoms with Gasteiger partial charge in [0.15, 0.2) is 0 Å². The zero-order valence-corrected chi connectivity index (χ0v) is 6.74. The summed E-state index contributed by atoms with van der Waals surface area (Å²) in [5.41, 5.74) is 0.411. The lowest BCUT2D eigenvalue weighted by molar-refractivity contribution is 0.484. The van der Waals surface area contributed by atoms with Crippen molar-refractivity contribution < 1.29 is 0 Å². The Morgan fingerprint density at radius 3 is 2.11 bits per heavy atom. The second-order valence-electron chi connectivity index (χ2n) is 2.98. The molecule has 0 aromatic carbocycles. The maximum Gasteiger partial charge on any atom is -0.0137 e. The van der Waals surface area contributed by atoms with Gasteiger partial charge < -0.3 is 0 Å². The first-order valence-corrected chi connectivity index (χ1v) is 3.05. The summed E-state index contributed by atoms with van der Waals surface area (Å²) >= 11 is 0. The van der Waals surface area contributed by atoms with Gasteiger partial charge in [-0.25, -0.2) is 0 Å². The van der Waals surface area contributed by atoms with E-state index >= 15 is 0 Å².